The van der Waals surface area contributed by atoms with Gasteiger partial charge in [-0.05, 0) is 79.1 Å². The molecule has 1 heterocycles. The summed E-state index contributed by atoms with van der Waals surface area (Å²) in [6, 6.07) is 21.3. The zero-order valence-corrected chi connectivity index (χ0v) is 20.3. The van der Waals surface area contributed by atoms with Crippen molar-refractivity contribution in [1.29, 1.82) is 0 Å². The van der Waals surface area contributed by atoms with Gasteiger partial charge < -0.3 is 14.4 Å². The summed E-state index contributed by atoms with van der Waals surface area (Å²) >= 11 is 0. The molecule has 0 saturated heterocycles. The van der Waals surface area contributed by atoms with Gasteiger partial charge in [-0.2, -0.15) is 0 Å². The lowest BCUT2D eigenvalue weighted by molar-refractivity contribution is -0.137. The smallest absolute Gasteiger partial charge is 0.303 e. The van der Waals surface area contributed by atoms with Crippen molar-refractivity contribution < 1.29 is 14.6 Å². The molecule has 0 radical (unpaired) electrons. The second-order valence-corrected chi connectivity index (χ2v) is 9.82. The van der Waals surface area contributed by atoms with Crippen LogP contribution in [0.1, 0.15) is 57.8 Å². The average Bonchev–Trinajstić information content (AvgIpc) is 3.24. The monoisotopic (exact) mass is 470 g/mol. The SMILES string of the molecule is O=C(O)CCCCCOc1ccc2cc(-c3nc4ccccc4n3CC3CCCCC3)ccc2c1. The number of aliphatic carboxylic acids is 1. The van der Waals surface area contributed by atoms with Crippen molar-refractivity contribution in [2.45, 2.75) is 64.3 Å². The zero-order chi connectivity index (χ0) is 24.0. The first-order chi connectivity index (χ1) is 17.2. The van der Waals surface area contributed by atoms with E-state index in [1.54, 1.807) is 0 Å². The minimum Gasteiger partial charge on any atom is -0.494 e. The number of carboxylic acid groups (broad SMARTS) is 1. The molecule has 3 aromatic carbocycles. The Labute approximate surface area is 206 Å². The fourth-order valence-electron chi connectivity index (χ4n) is 5.31. The van der Waals surface area contributed by atoms with Crippen molar-refractivity contribution in [3.63, 3.8) is 0 Å². The number of imidazole rings is 1. The summed E-state index contributed by atoms with van der Waals surface area (Å²) in [6.45, 7) is 1.64. The summed E-state index contributed by atoms with van der Waals surface area (Å²) in [5, 5.41) is 11.0. The molecule has 0 aliphatic heterocycles. The first-order valence-corrected chi connectivity index (χ1v) is 13.0. The Morgan fingerprint density at radius 3 is 2.60 bits per heavy atom. The van der Waals surface area contributed by atoms with Crippen LogP contribution in [-0.4, -0.2) is 27.2 Å². The fraction of sp³-hybridized carbons (Fsp3) is 0.400. The maximum Gasteiger partial charge on any atom is 0.303 e. The first-order valence-electron chi connectivity index (χ1n) is 13.0. The van der Waals surface area contributed by atoms with Crippen molar-refractivity contribution in [2.75, 3.05) is 6.61 Å². The van der Waals surface area contributed by atoms with E-state index < -0.39 is 5.97 Å². The third-order valence-corrected chi connectivity index (χ3v) is 7.19. The van der Waals surface area contributed by atoms with Crippen LogP contribution >= 0.6 is 0 Å². The molecule has 35 heavy (non-hydrogen) atoms. The second-order valence-electron chi connectivity index (χ2n) is 9.82. The van der Waals surface area contributed by atoms with Crippen LogP contribution in [0.5, 0.6) is 5.75 Å². The standard InChI is InChI=1S/C30H34N2O3/c33-29(34)13-5-2-8-18-35-26-17-16-23-19-25(15-14-24(23)20-26)30-31-27-11-6-7-12-28(27)32(30)21-22-9-3-1-4-10-22/h6-7,11-12,14-17,19-20,22H,1-5,8-10,13,18,21H2,(H,33,34). The summed E-state index contributed by atoms with van der Waals surface area (Å²) in [7, 11) is 0. The topological polar surface area (TPSA) is 64.3 Å². The lowest BCUT2D eigenvalue weighted by Gasteiger charge is -2.23. The van der Waals surface area contributed by atoms with E-state index in [2.05, 4.69) is 59.2 Å². The molecule has 5 rings (SSSR count). The van der Waals surface area contributed by atoms with Crippen LogP contribution < -0.4 is 4.74 Å². The van der Waals surface area contributed by atoms with Crippen molar-refractivity contribution in [2.24, 2.45) is 5.92 Å². The van der Waals surface area contributed by atoms with E-state index in [0.717, 1.165) is 53.3 Å². The van der Waals surface area contributed by atoms with Crippen LogP contribution in [0.25, 0.3) is 33.2 Å². The third-order valence-electron chi connectivity index (χ3n) is 7.19. The number of nitrogens with zero attached hydrogens (tertiary/aromatic N) is 2. The quantitative estimate of drug-likeness (QED) is 0.244. The number of hydrogen-bond donors (Lipinski definition) is 1. The number of unbranched alkanes of at least 4 members (excludes halogenated alkanes) is 2. The molecular formula is C30H34N2O3. The van der Waals surface area contributed by atoms with Crippen molar-refractivity contribution in [3.8, 4) is 17.1 Å². The maximum absolute atomic E-state index is 10.6. The van der Waals surface area contributed by atoms with Crippen LogP contribution in [0.2, 0.25) is 0 Å². The second kappa shape index (κ2) is 10.9. The third kappa shape index (κ3) is 5.67. The van der Waals surface area contributed by atoms with Gasteiger partial charge in [-0.1, -0.05) is 49.6 Å². The highest BCUT2D eigenvalue weighted by Gasteiger charge is 2.19. The van der Waals surface area contributed by atoms with Gasteiger partial charge in [0.25, 0.3) is 0 Å². The van der Waals surface area contributed by atoms with Gasteiger partial charge >= 0.3 is 5.97 Å². The van der Waals surface area contributed by atoms with Crippen LogP contribution in [0.15, 0.2) is 60.7 Å². The van der Waals surface area contributed by atoms with Crippen molar-refractivity contribution in [3.05, 3.63) is 60.7 Å². The van der Waals surface area contributed by atoms with Gasteiger partial charge in [0.15, 0.2) is 0 Å². The Kier molecular flexibility index (Phi) is 7.31. The predicted molar refractivity (Wildman–Crippen MR) is 141 cm³/mol. The van der Waals surface area contributed by atoms with Gasteiger partial charge in [0, 0.05) is 18.5 Å². The van der Waals surface area contributed by atoms with E-state index in [1.165, 1.54) is 43.0 Å². The summed E-state index contributed by atoms with van der Waals surface area (Å²) in [4.78, 5) is 15.7. The molecule has 0 amide bonds. The molecule has 1 saturated carbocycles. The molecule has 0 bridgehead atoms. The number of benzene rings is 3. The highest BCUT2D eigenvalue weighted by Crippen LogP contribution is 2.32. The highest BCUT2D eigenvalue weighted by atomic mass is 16.5. The Bertz CT molecular complexity index is 1300. The Morgan fingerprint density at radius 1 is 0.943 bits per heavy atom. The van der Waals surface area contributed by atoms with Gasteiger partial charge in [-0.25, -0.2) is 4.98 Å². The molecule has 1 N–H and O–H groups in total. The molecule has 1 aliphatic carbocycles. The molecule has 0 spiro atoms. The molecule has 5 nitrogen and oxygen atoms in total. The first kappa shape index (κ1) is 23.4. The van der Waals surface area contributed by atoms with Crippen LogP contribution in [-0.2, 0) is 11.3 Å². The van der Waals surface area contributed by atoms with E-state index >= 15 is 0 Å². The highest BCUT2D eigenvalue weighted by molar-refractivity contribution is 5.89. The average molecular weight is 471 g/mol. The van der Waals surface area contributed by atoms with E-state index in [9.17, 15) is 4.79 Å². The van der Waals surface area contributed by atoms with Gasteiger partial charge in [0.2, 0.25) is 0 Å². The van der Waals surface area contributed by atoms with Crippen molar-refractivity contribution in [1.82, 2.24) is 9.55 Å². The number of aromatic nitrogens is 2. The predicted octanol–water partition coefficient (Wildman–Crippen LogP) is 7.46. The fourth-order valence-corrected chi connectivity index (χ4v) is 5.31. The summed E-state index contributed by atoms with van der Waals surface area (Å²) < 4.78 is 8.35. The summed E-state index contributed by atoms with van der Waals surface area (Å²) in [5.74, 6) is 1.90. The summed E-state index contributed by atoms with van der Waals surface area (Å²) in [5.41, 5.74) is 3.43. The molecule has 1 fully saturated rings. The molecule has 4 aromatic rings. The number of para-hydroxylation sites is 2. The molecule has 1 aromatic heterocycles. The van der Waals surface area contributed by atoms with Gasteiger partial charge in [-0.15, -0.1) is 0 Å². The lowest BCUT2D eigenvalue weighted by Crippen LogP contribution is -2.14. The molecule has 0 atom stereocenters. The number of rotatable bonds is 10. The number of fused-ring (bicyclic) bond motifs is 2. The summed E-state index contributed by atoms with van der Waals surface area (Å²) in [6.07, 6.45) is 9.34. The van der Waals surface area contributed by atoms with E-state index in [-0.39, 0.29) is 6.42 Å². The van der Waals surface area contributed by atoms with Crippen molar-refractivity contribution >= 4 is 27.8 Å². The van der Waals surface area contributed by atoms with Crippen LogP contribution in [0.4, 0.5) is 0 Å². The van der Waals surface area contributed by atoms with E-state index in [1.807, 2.05) is 6.07 Å². The number of ether oxygens (including phenoxy) is 1. The largest absolute Gasteiger partial charge is 0.494 e. The van der Waals surface area contributed by atoms with Gasteiger partial charge in [0.05, 0.1) is 17.6 Å². The maximum atomic E-state index is 10.6. The Balaban J connectivity index is 1.34. The minimum atomic E-state index is -0.732. The Morgan fingerprint density at radius 2 is 1.74 bits per heavy atom. The molecule has 182 valence electrons. The number of carboxylic acids is 1. The van der Waals surface area contributed by atoms with Crippen LogP contribution in [0, 0.1) is 5.92 Å². The molecule has 1 aliphatic rings. The lowest BCUT2D eigenvalue weighted by atomic mass is 9.89. The van der Waals surface area contributed by atoms with Gasteiger partial charge in [-0.3, -0.25) is 4.79 Å². The van der Waals surface area contributed by atoms with Crippen LogP contribution in [0.3, 0.4) is 0 Å². The molecule has 0 unspecified atom stereocenters. The van der Waals surface area contributed by atoms with Gasteiger partial charge in [0.1, 0.15) is 11.6 Å². The molecular weight excluding hydrogens is 436 g/mol. The van der Waals surface area contributed by atoms with E-state index in [4.69, 9.17) is 14.8 Å². The molecule has 5 heteroatoms. The normalized spacial score (nSPS) is 14.5. The van der Waals surface area contributed by atoms with E-state index in [0.29, 0.717) is 13.0 Å². The number of carbonyl (C=O) groups is 1. The Hall–Kier alpha value is -3.34. The zero-order valence-electron chi connectivity index (χ0n) is 20.3. The number of hydrogen-bond acceptors (Lipinski definition) is 3. The minimum absolute atomic E-state index is 0.229.